The van der Waals surface area contributed by atoms with Crippen molar-refractivity contribution in [3.8, 4) is 0 Å². The van der Waals surface area contributed by atoms with Crippen molar-refractivity contribution < 1.29 is 4.79 Å². The highest BCUT2D eigenvalue weighted by molar-refractivity contribution is 6.36. The lowest BCUT2D eigenvalue weighted by Crippen LogP contribution is -2.39. The molecule has 1 unspecified atom stereocenters. The Bertz CT molecular complexity index is 459. The van der Waals surface area contributed by atoms with Gasteiger partial charge in [-0.2, -0.15) is 0 Å². The molecule has 1 amide bonds. The van der Waals surface area contributed by atoms with E-state index in [1.807, 2.05) is 7.05 Å². The van der Waals surface area contributed by atoms with Crippen LogP contribution in [-0.2, 0) is 0 Å². The summed E-state index contributed by atoms with van der Waals surface area (Å²) < 4.78 is 0. The Hall–Kier alpha value is -0.770. The molecule has 0 spiro atoms. The van der Waals surface area contributed by atoms with Gasteiger partial charge in [0.15, 0.2) is 0 Å². The van der Waals surface area contributed by atoms with Crippen LogP contribution in [0.3, 0.4) is 0 Å². The first-order valence-electron chi connectivity index (χ1n) is 6.49. The Kier molecular flexibility index (Phi) is 5.08. The van der Waals surface area contributed by atoms with E-state index in [0.29, 0.717) is 21.5 Å². The standard InChI is InChI=1S/C14H18Cl2N2O/c1-18(9-10-3-2-6-17-8-10)14(19)12-5-4-11(15)7-13(12)16/h4-5,7,10,17H,2-3,6,8-9H2,1H3. The van der Waals surface area contributed by atoms with Crippen LogP contribution in [0.2, 0.25) is 10.0 Å². The molecule has 2 rings (SSSR count). The van der Waals surface area contributed by atoms with Crippen molar-refractivity contribution in [1.29, 1.82) is 0 Å². The van der Waals surface area contributed by atoms with Crippen molar-refractivity contribution in [2.24, 2.45) is 5.92 Å². The number of carbonyl (C=O) groups excluding carboxylic acids is 1. The molecule has 1 N–H and O–H groups in total. The lowest BCUT2D eigenvalue weighted by Gasteiger charge is -2.27. The Morgan fingerprint density at radius 1 is 1.47 bits per heavy atom. The number of amides is 1. The number of hydrogen-bond donors (Lipinski definition) is 1. The highest BCUT2D eigenvalue weighted by Gasteiger charge is 2.20. The average molecular weight is 301 g/mol. The largest absolute Gasteiger partial charge is 0.341 e. The molecule has 0 saturated carbocycles. The summed E-state index contributed by atoms with van der Waals surface area (Å²) in [4.78, 5) is 14.1. The van der Waals surface area contributed by atoms with Crippen LogP contribution in [0.25, 0.3) is 0 Å². The number of carbonyl (C=O) groups is 1. The minimum Gasteiger partial charge on any atom is -0.341 e. The van der Waals surface area contributed by atoms with E-state index in [2.05, 4.69) is 5.32 Å². The van der Waals surface area contributed by atoms with Crippen LogP contribution >= 0.6 is 23.2 Å². The van der Waals surface area contributed by atoms with Crippen LogP contribution in [0, 0.1) is 5.92 Å². The number of nitrogens with one attached hydrogen (secondary N) is 1. The molecule has 1 saturated heterocycles. The molecule has 5 heteroatoms. The van der Waals surface area contributed by atoms with E-state index in [9.17, 15) is 4.79 Å². The van der Waals surface area contributed by atoms with Gasteiger partial charge in [-0.3, -0.25) is 4.79 Å². The monoisotopic (exact) mass is 300 g/mol. The zero-order valence-corrected chi connectivity index (χ0v) is 12.5. The third-order valence-electron chi connectivity index (χ3n) is 3.44. The summed E-state index contributed by atoms with van der Waals surface area (Å²) in [7, 11) is 1.82. The number of rotatable bonds is 3. The Labute approximate surface area is 123 Å². The van der Waals surface area contributed by atoms with E-state index in [1.54, 1.807) is 23.1 Å². The molecule has 0 bridgehead atoms. The second-order valence-electron chi connectivity index (χ2n) is 5.02. The molecule has 1 aliphatic rings. The highest BCUT2D eigenvalue weighted by atomic mass is 35.5. The van der Waals surface area contributed by atoms with Gasteiger partial charge in [-0.25, -0.2) is 0 Å². The summed E-state index contributed by atoms with van der Waals surface area (Å²) in [5.74, 6) is 0.473. The summed E-state index contributed by atoms with van der Waals surface area (Å²) in [6.07, 6.45) is 2.34. The summed E-state index contributed by atoms with van der Waals surface area (Å²) in [5, 5.41) is 4.31. The highest BCUT2D eigenvalue weighted by Crippen LogP contribution is 2.22. The predicted molar refractivity (Wildman–Crippen MR) is 79.0 cm³/mol. The molecule has 1 atom stereocenters. The Morgan fingerprint density at radius 2 is 2.26 bits per heavy atom. The SMILES string of the molecule is CN(CC1CCCNC1)C(=O)c1ccc(Cl)cc1Cl. The molecule has 0 aliphatic carbocycles. The van der Waals surface area contributed by atoms with Gasteiger partial charge in [-0.1, -0.05) is 23.2 Å². The topological polar surface area (TPSA) is 32.3 Å². The fraction of sp³-hybridized carbons (Fsp3) is 0.500. The maximum Gasteiger partial charge on any atom is 0.255 e. The van der Waals surface area contributed by atoms with Gasteiger partial charge >= 0.3 is 0 Å². The van der Waals surface area contributed by atoms with Gasteiger partial charge in [-0.15, -0.1) is 0 Å². The molecule has 19 heavy (non-hydrogen) atoms. The van der Waals surface area contributed by atoms with Crippen molar-refractivity contribution >= 4 is 29.1 Å². The molecule has 1 aliphatic heterocycles. The maximum absolute atomic E-state index is 12.3. The number of nitrogens with zero attached hydrogens (tertiary/aromatic N) is 1. The van der Waals surface area contributed by atoms with Crippen molar-refractivity contribution in [2.45, 2.75) is 12.8 Å². The summed E-state index contributed by atoms with van der Waals surface area (Å²) in [5.41, 5.74) is 0.511. The maximum atomic E-state index is 12.3. The first kappa shape index (κ1) is 14.6. The van der Waals surface area contributed by atoms with Gasteiger partial charge in [0.25, 0.3) is 5.91 Å². The van der Waals surface area contributed by atoms with Crippen molar-refractivity contribution in [2.75, 3.05) is 26.7 Å². The second-order valence-corrected chi connectivity index (χ2v) is 5.87. The van der Waals surface area contributed by atoms with E-state index in [-0.39, 0.29) is 5.91 Å². The molecular formula is C14H18Cl2N2O. The molecule has 1 aromatic rings. The van der Waals surface area contributed by atoms with E-state index < -0.39 is 0 Å². The predicted octanol–water partition coefficient (Wildman–Crippen LogP) is 3.07. The molecule has 104 valence electrons. The van der Waals surface area contributed by atoms with Gasteiger partial charge in [-0.05, 0) is 50.0 Å². The van der Waals surface area contributed by atoms with Gasteiger partial charge in [0.2, 0.25) is 0 Å². The second kappa shape index (κ2) is 6.60. The van der Waals surface area contributed by atoms with E-state index in [0.717, 1.165) is 19.6 Å². The van der Waals surface area contributed by atoms with E-state index in [1.165, 1.54) is 12.8 Å². The summed E-state index contributed by atoms with van der Waals surface area (Å²) in [6, 6.07) is 4.98. The molecule has 1 aromatic carbocycles. The summed E-state index contributed by atoms with van der Waals surface area (Å²) >= 11 is 11.9. The van der Waals surface area contributed by atoms with E-state index >= 15 is 0 Å². The average Bonchev–Trinajstić information content (AvgIpc) is 2.39. The van der Waals surface area contributed by atoms with Crippen LogP contribution in [0.4, 0.5) is 0 Å². The van der Waals surface area contributed by atoms with Crippen LogP contribution in [0.1, 0.15) is 23.2 Å². The van der Waals surface area contributed by atoms with Gasteiger partial charge in [0.05, 0.1) is 10.6 Å². The quantitative estimate of drug-likeness (QED) is 0.930. The van der Waals surface area contributed by atoms with Crippen LogP contribution in [0.5, 0.6) is 0 Å². The number of piperidine rings is 1. The van der Waals surface area contributed by atoms with Gasteiger partial charge in [0, 0.05) is 18.6 Å². The third-order valence-corrected chi connectivity index (χ3v) is 3.99. The minimum atomic E-state index is -0.0489. The number of benzene rings is 1. The molecule has 1 fully saturated rings. The third kappa shape index (κ3) is 3.85. The van der Waals surface area contributed by atoms with Gasteiger partial charge in [0.1, 0.15) is 0 Å². The van der Waals surface area contributed by atoms with Crippen LogP contribution < -0.4 is 5.32 Å². The molecule has 1 heterocycles. The number of hydrogen-bond acceptors (Lipinski definition) is 2. The summed E-state index contributed by atoms with van der Waals surface area (Å²) in [6.45, 7) is 2.81. The normalized spacial score (nSPS) is 19.2. The zero-order valence-electron chi connectivity index (χ0n) is 11.0. The van der Waals surface area contributed by atoms with Crippen LogP contribution in [0.15, 0.2) is 18.2 Å². The molecule has 0 radical (unpaired) electrons. The van der Waals surface area contributed by atoms with Crippen molar-refractivity contribution in [1.82, 2.24) is 10.2 Å². The zero-order chi connectivity index (χ0) is 13.8. The Morgan fingerprint density at radius 3 is 2.89 bits per heavy atom. The van der Waals surface area contributed by atoms with Crippen LogP contribution in [-0.4, -0.2) is 37.5 Å². The van der Waals surface area contributed by atoms with Crippen molar-refractivity contribution in [3.05, 3.63) is 33.8 Å². The molecular weight excluding hydrogens is 283 g/mol. The minimum absolute atomic E-state index is 0.0489. The lowest BCUT2D eigenvalue weighted by atomic mass is 9.99. The number of halogens is 2. The van der Waals surface area contributed by atoms with Crippen molar-refractivity contribution in [3.63, 3.8) is 0 Å². The molecule has 0 aromatic heterocycles. The smallest absolute Gasteiger partial charge is 0.255 e. The van der Waals surface area contributed by atoms with Gasteiger partial charge < -0.3 is 10.2 Å². The fourth-order valence-electron chi connectivity index (χ4n) is 2.42. The lowest BCUT2D eigenvalue weighted by molar-refractivity contribution is 0.0765. The first-order valence-corrected chi connectivity index (χ1v) is 7.24. The Balaban J connectivity index is 2.01. The first-order chi connectivity index (χ1) is 9.08. The molecule has 3 nitrogen and oxygen atoms in total. The van der Waals surface area contributed by atoms with E-state index in [4.69, 9.17) is 23.2 Å². The fourth-order valence-corrected chi connectivity index (χ4v) is 2.91.